The van der Waals surface area contributed by atoms with E-state index in [1.807, 2.05) is 0 Å². The molecule has 5 heteroatoms. The first kappa shape index (κ1) is 20.7. The van der Waals surface area contributed by atoms with Crippen LogP contribution in [0.3, 0.4) is 0 Å². The maximum absolute atomic E-state index is 12.3. The third kappa shape index (κ3) is 6.27. The number of rotatable bonds is 9. The second-order valence-corrected chi connectivity index (χ2v) is 7.45. The van der Waals surface area contributed by atoms with E-state index in [-0.39, 0.29) is 29.5 Å². The summed E-state index contributed by atoms with van der Waals surface area (Å²) in [7, 11) is 0. The smallest absolute Gasteiger partial charge is 0.286 e. The molecule has 2 amide bonds. The Morgan fingerprint density at radius 2 is 1.67 bits per heavy atom. The van der Waals surface area contributed by atoms with Crippen molar-refractivity contribution in [2.45, 2.75) is 52.5 Å². The van der Waals surface area contributed by atoms with Gasteiger partial charge in [0.1, 0.15) is 0 Å². The van der Waals surface area contributed by atoms with Gasteiger partial charge in [0, 0.05) is 13.0 Å². The summed E-state index contributed by atoms with van der Waals surface area (Å²) < 4.78 is 5.03. The molecule has 2 aromatic rings. The minimum atomic E-state index is -0.259. The Bertz CT molecular complexity index is 719. The molecular formula is C22H30N2O3. The summed E-state index contributed by atoms with van der Waals surface area (Å²) >= 11 is 0. The van der Waals surface area contributed by atoms with Crippen molar-refractivity contribution < 1.29 is 14.0 Å². The highest BCUT2D eigenvalue weighted by molar-refractivity contribution is 5.91. The van der Waals surface area contributed by atoms with Crippen molar-refractivity contribution in [3.05, 3.63) is 59.5 Å². The van der Waals surface area contributed by atoms with Crippen molar-refractivity contribution in [2.24, 2.45) is 5.92 Å². The molecule has 2 N–H and O–H groups in total. The second kappa shape index (κ2) is 9.95. The van der Waals surface area contributed by atoms with Crippen LogP contribution >= 0.6 is 0 Å². The summed E-state index contributed by atoms with van der Waals surface area (Å²) in [6, 6.07) is 11.7. The molecule has 0 radical (unpaired) electrons. The van der Waals surface area contributed by atoms with Crippen LogP contribution in [0, 0.1) is 5.92 Å². The van der Waals surface area contributed by atoms with Crippen LogP contribution in [0.25, 0.3) is 0 Å². The van der Waals surface area contributed by atoms with Gasteiger partial charge < -0.3 is 15.1 Å². The zero-order valence-corrected chi connectivity index (χ0v) is 16.6. The van der Waals surface area contributed by atoms with Crippen molar-refractivity contribution in [1.82, 2.24) is 10.6 Å². The van der Waals surface area contributed by atoms with Crippen molar-refractivity contribution in [3.63, 3.8) is 0 Å². The van der Waals surface area contributed by atoms with E-state index in [1.54, 1.807) is 12.1 Å². The van der Waals surface area contributed by atoms with Gasteiger partial charge in [-0.1, -0.05) is 52.0 Å². The lowest BCUT2D eigenvalue weighted by Crippen LogP contribution is -2.32. The third-order valence-corrected chi connectivity index (χ3v) is 4.56. The van der Waals surface area contributed by atoms with E-state index in [4.69, 9.17) is 4.42 Å². The molecular weight excluding hydrogens is 340 g/mol. The fraction of sp³-hybridized carbons (Fsp3) is 0.455. The third-order valence-electron chi connectivity index (χ3n) is 4.56. The summed E-state index contributed by atoms with van der Waals surface area (Å²) in [6.07, 6.45) is 2.41. The Morgan fingerprint density at radius 1 is 1.00 bits per heavy atom. The number of hydrogen-bond acceptors (Lipinski definition) is 3. The van der Waals surface area contributed by atoms with E-state index in [0.29, 0.717) is 25.3 Å². The fourth-order valence-electron chi connectivity index (χ4n) is 2.91. The van der Waals surface area contributed by atoms with E-state index in [2.05, 4.69) is 62.6 Å². The number of carbonyl (C=O) groups excluding carboxylic acids is 2. The first-order valence-corrected chi connectivity index (χ1v) is 9.59. The number of carbonyl (C=O) groups is 2. The van der Waals surface area contributed by atoms with Crippen LogP contribution in [0.15, 0.2) is 47.1 Å². The molecule has 1 atom stereocenters. The van der Waals surface area contributed by atoms with Crippen LogP contribution in [-0.4, -0.2) is 18.4 Å². The van der Waals surface area contributed by atoms with E-state index in [0.717, 1.165) is 5.56 Å². The molecule has 1 unspecified atom stereocenters. The van der Waals surface area contributed by atoms with Crippen LogP contribution < -0.4 is 10.6 Å². The molecule has 0 spiro atoms. The van der Waals surface area contributed by atoms with Gasteiger partial charge >= 0.3 is 0 Å². The highest BCUT2D eigenvalue weighted by Crippen LogP contribution is 2.24. The topological polar surface area (TPSA) is 71.3 Å². The standard InChI is InChI=1S/C22H30N2O3/c1-15(2)17-9-11-18(12-10-17)21(16(3)4)24-20(25)8-5-13-23-22(26)19-7-6-14-27-19/h6-7,9-12,14-16,21H,5,8,13H2,1-4H3,(H,23,26)(H,24,25). The predicted octanol–water partition coefficient (Wildman–Crippen LogP) is 4.43. The SMILES string of the molecule is CC(C)c1ccc(C(NC(=O)CCCNC(=O)c2ccco2)C(C)C)cc1. The number of benzene rings is 1. The molecule has 1 aromatic carbocycles. The molecule has 0 saturated carbocycles. The Balaban J connectivity index is 1.81. The number of hydrogen-bond donors (Lipinski definition) is 2. The lowest BCUT2D eigenvalue weighted by atomic mass is 9.93. The van der Waals surface area contributed by atoms with E-state index in [1.165, 1.54) is 11.8 Å². The molecule has 1 aromatic heterocycles. The fourth-order valence-corrected chi connectivity index (χ4v) is 2.91. The molecule has 0 aliphatic heterocycles. The molecule has 1 heterocycles. The maximum Gasteiger partial charge on any atom is 0.286 e. The van der Waals surface area contributed by atoms with E-state index in [9.17, 15) is 9.59 Å². The predicted molar refractivity (Wildman–Crippen MR) is 107 cm³/mol. The normalized spacial score (nSPS) is 12.2. The lowest BCUT2D eigenvalue weighted by molar-refractivity contribution is -0.122. The van der Waals surface area contributed by atoms with Crippen LogP contribution in [0.4, 0.5) is 0 Å². The molecule has 0 aliphatic rings. The quantitative estimate of drug-likeness (QED) is 0.642. The minimum Gasteiger partial charge on any atom is -0.459 e. The van der Waals surface area contributed by atoms with E-state index < -0.39 is 0 Å². The van der Waals surface area contributed by atoms with E-state index >= 15 is 0 Å². The highest BCUT2D eigenvalue weighted by Gasteiger charge is 2.18. The van der Waals surface area contributed by atoms with Gasteiger partial charge in [-0.25, -0.2) is 0 Å². The summed E-state index contributed by atoms with van der Waals surface area (Å²) in [5, 5.41) is 5.88. The average molecular weight is 370 g/mol. The summed E-state index contributed by atoms with van der Waals surface area (Å²) in [5.41, 5.74) is 2.41. The Morgan fingerprint density at radius 3 is 2.22 bits per heavy atom. The van der Waals surface area contributed by atoms with Gasteiger partial charge in [-0.3, -0.25) is 9.59 Å². The van der Waals surface area contributed by atoms with Gasteiger partial charge in [-0.2, -0.15) is 0 Å². The first-order valence-electron chi connectivity index (χ1n) is 9.59. The van der Waals surface area contributed by atoms with Gasteiger partial charge in [0.25, 0.3) is 5.91 Å². The monoisotopic (exact) mass is 370 g/mol. The number of nitrogens with one attached hydrogen (secondary N) is 2. The minimum absolute atomic E-state index is 0.00566. The molecule has 0 aliphatic carbocycles. The Kier molecular flexibility index (Phi) is 7.65. The summed E-state index contributed by atoms with van der Waals surface area (Å²) in [5.74, 6) is 0.795. The maximum atomic E-state index is 12.3. The van der Waals surface area contributed by atoms with Gasteiger partial charge in [0.05, 0.1) is 12.3 Å². The van der Waals surface area contributed by atoms with Gasteiger partial charge in [0.2, 0.25) is 5.91 Å². The Hall–Kier alpha value is -2.56. The van der Waals surface area contributed by atoms with Gasteiger partial charge in [-0.05, 0) is 41.5 Å². The van der Waals surface area contributed by atoms with Crippen molar-refractivity contribution >= 4 is 11.8 Å². The second-order valence-electron chi connectivity index (χ2n) is 7.45. The average Bonchev–Trinajstić information content (AvgIpc) is 3.18. The van der Waals surface area contributed by atoms with Crippen molar-refractivity contribution in [1.29, 1.82) is 0 Å². The van der Waals surface area contributed by atoms with Crippen LogP contribution in [0.2, 0.25) is 0 Å². The number of furan rings is 1. The molecule has 27 heavy (non-hydrogen) atoms. The zero-order chi connectivity index (χ0) is 19.8. The summed E-state index contributed by atoms with van der Waals surface area (Å²) in [4.78, 5) is 24.1. The van der Waals surface area contributed by atoms with Crippen molar-refractivity contribution in [2.75, 3.05) is 6.54 Å². The molecule has 0 fully saturated rings. The van der Waals surface area contributed by atoms with Crippen molar-refractivity contribution in [3.8, 4) is 0 Å². The largest absolute Gasteiger partial charge is 0.459 e. The molecule has 5 nitrogen and oxygen atoms in total. The zero-order valence-electron chi connectivity index (χ0n) is 16.6. The lowest BCUT2D eigenvalue weighted by Gasteiger charge is -2.23. The number of amides is 2. The molecule has 146 valence electrons. The van der Waals surface area contributed by atoms with Crippen LogP contribution in [0.5, 0.6) is 0 Å². The summed E-state index contributed by atoms with van der Waals surface area (Å²) in [6.45, 7) is 8.97. The van der Waals surface area contributed by atoms with Gasteiger partial charge in [0.15, 0.2) is 5.76 Å². The van der Waals surface area contributed by atoms with Crippen LogP contribution in [0.1, 0.15) is 74.2 Å². The van der Waals surface area contributed by atoms with Crippen LogP contribution in [-0.2, 0) is 4.79 Å². The molecule has 0 saturated heterocycles. The molecule has 2 rings (SSSR count). The Labute approximate surface area is 161 Å². The molecule has 0 bridgehead atoms. The highest BCUT2D eigenvalue weighted by atomic mass is 16.3. The first-order chi connectivity index (χ1) is 12.9. The van der Waals surface area contributed by atoms with Gasteiger partial charge in [-0.15, -0.1) is 0 Å².